The van der Waals surface area contributed by atoms with Gasteiger partial charge in [-0.1, -0.05) is 0 Å². The van der Waals surface area contributed by atoms with E-state index >= 15 is 0 Å². The molecule has 36 heavy (non-hydrogen) atoms. The van der Waals surface area contributed by atoms with Crippen LogP contribution in [0.3, 0.4) is 0 Å². The van der Waals surface area contributed by atoms with Gasteiger partial charge >= 0.3 is 6.18 Å². The maximum atomic E-state index is 13.3. The van der Waals surface area contributed by atoms with Crippen LogP contribution < -0.4 is 10.5 Å². The molecule has 3 aromatic heterocycles. The van der Waals surface area contributed by atoms with Crippen LogP contribution in [0.15, 0.2) is 30.3 Å². The molecule has 5 rings (SSSR count). The van der Waals surface area contributed by atoms with Gasteiger partial charge in [-0.05, 0) is 50.1 Å². The van der Waals surface area contributed by atoms with Gasteiger partial charge in [-0.2, -0.15) is 13.2 Å². The number of halogens is 3. The zero-order valence-corrected chi connectivity index (χ0v) is 20.3. The van der Waals surface area contributed by atoms with E-state index in [9.17, 15) is 18.0 Å². The molecule has 2 N–H and O–H groups in total. The molecule has 0 aliphatic carbocycles. The number of alkyl halides is 3. The molecule has 0 unspecified atom stereocenters. The number of ether oxygens (including phenoxy) is 1. The first-order valence-electron chi connectivity index (χ1n) is 11.8. The van der Waals surface area contributed by atoms with Gasteiger partial charge in [0, 0.05) is 45.1 Å². The second-order valence-corrected chi connectivity index (χ2v) is 9.08. The number of aromatic nitrogens is 4. The van der Waals surface area contributed by atoms with Crippen LogP contribution in [0.2, 0.25) is 0 Å². The maximum absolute atomic E-state index is 13.3. The number of carbonyl (C=O) groups excluding carboxylic acids is 1. The minimum absolute atomic E-state index is 0. The van der Waals surface area contributed by atoms with Crippen LogP contribution in [-0.2, 0) is 19.8 Å². The summed E-state index contributed by atoms with van der Waals surface area (Å²) < 4.78 is 49.0. The van der Waals surface area contributed by atoms with E-state index in [1.807, 2.05) is 18.5 Å². The molecular weight excluding hydrogens is 473 g/mol. The maximum Gasteiger partial charge on any atom is 0.433 e. The number of pyridine rings is 1. The highest BCUT2D eigenvalue weighted by molar-refractivity contribution is 6.00. The minimum Gasteiger partial charge on any atom is -0.494 e. The van der Waals surface area contributed by atoms with Crippen molar-refractivity contribution in [3.8, 4) is 17.3 Å². The lowest BCUT2D eigenvalue weighted by Gasteiger charge is -2.30. The van der Waals surface area contributed by atoms with Crippen LogP contribution in [0.25, 0.3) is 33.6 Å². The number of imidazole rings is 1. The molecule has 1 amide bonds. The number of nitrogens with zero attached hydrogens (tertiary/aromatic N) is 5. The number of nitrogens with two attached hydrogens (primary N) is 1. The average Bonchev–Trinajstić information content (AvgIpc) is 3.38. The lowest BCUT2D eigenvalue weighted by molar-refractivity contribution is -0.141. The summed E-state index contributed by atoms with van der Waals surface area (Å²) in [6.45, 7) is 3.38. The third kappa shape index (κ3) is 3.97. The lowest BCUT2D eigenvalue weighted by atomic mass is 10.0. The third-order valence-electron chi connectivity index (χ3n) is 6.73. The van der Waals surface area contributed by atoms with Crippen molar-refractivity contribution in [3.05, 3.63) is 41.6 Å². The number of amides is 1. The molecule has 0 saturated carbocycles. The molecule has 0 radical (unpaired) electrons. The standard InChI is InChI=1S/C25H27F3N6O2.H2/c1-4-34-18(11-14-7-8-20(25(26,27)28)31-22(14)34)23-30-17-10-15(12-19(36-3)21(17)32(23)2)24(35)33-9-5-6-16(29)13-33;/h7-8,10-12,16H,4-6,9,13,29H2,1-3H3;1H/t16-;/m1./s1. The van der Waals surface area contributed by atoms with E-state index < -0.39 is 11.9 Å². The van der Waals surface area contributed by atoms with Gasteiger partial charge in [-0.15, -0.1) is 0 Å². The number of hydrogen-bond acceptors (Lipinski definition) is 5. The van der Waals surface area contributed by atoms with Crippen molar-refractivity contribution in [1.29, 1.82) is 0 Å². The molecule has 1 fully saturated rings. The summed E-state index contributed by atoms with van der Waals surface area (Å²) in [5.41, 5.74) is 7.65. The minimum atomic E-state index is -4.54. The van der Waals surface area contributed by atoms with Gasteiger partial charge in [-0.25, -0.2) is 9.97 Å². The molecule has 4 aromatic rings. The van der Waals surface area contributed by atoms with E-state index in [1.165, 1.54) is 13.2 Å². The molecule has 1 aliphatic rings. The second kappa shape index (κ2) is 8.81. The topological polar surface area (TPSA) is 91.2 Å². The fourth-order valence-corrected chi connectivity index (χ4v) is 4.99. The lowest BCUT2D eigenvalue weighted by Crippen LogP contribution is -2.45. The van der Waals surface area contributed by atoms with Gasteiger partial charge in [0.2, 0.25) is 0 Å². The van der Waals surface area contributed by atoms with Gasteiger partial charge in [0.25, 0.3) is 5.91 Å². The number of hydrogen-bond donors (Lipinski definition) is 1. The number of piperidine rings is 1. The first-order chi connectivity index (χ1) is 17.1. The van der Waals surface area contributed by atoms with Crippen molar-refractivity contribution < 1.29 is 24.1 Å². The summed E-state index contributed by atoms with van der Waals surface area (Å²) in [7, 11) is 3.34. The zero-order chi connectivity index (χ0) is 25.8. The Labute approximate surface area is 206 Å². The first kappa shape index (κ1) is 24.1. The monoisotopic (exact) mass is 502 g/mol. The molecule has 11 heteroatoms. The van der Waals surface area contributed by atoms with Crippen molar-refractivity contribution in [2.75, 3.05) is 20.2 Å². The highest BCUT2D eigenvalue weighted by Gasteiger charge is 2.33. The Morgan fingerprint density at radius 2 is 2.03 bits per heavy atom. The van der Waals surface area contributed by atoms with E-state index in [1.54, 1.807) is 27.7 Å². The molecule has 8 nitrogen and oxygen atoms in total. The predicted octanol–water partition coefficient (Wildman–Crippen LogP) is 4.45. The number of aryl methyl sites for hydroxylation is 2. The number of rotatable bonds is 4. The highest BCUT2D eigenvalue weighted by Crippen LogP contribution is 2.35. The Balaban J connectivity index is 0.00000320. The van der Waals surface area contributed by atoms with Crippen molar-refractivity contribution in [2.45, 2.75) is 38.5 Å². The Bertz CT molecular complexity index is 1480. The van der Waals surface area contributed by atoms with Gasteiger partial charge in [0.1, 0.15) is 22.6 Å². The number of benzene rings is 1. The van der Waals surface area contributed by atoms with Crippen LogP contribution in [0.4, 0.5) is 13.2 Å². The SMILES string of the molecule is CCn1c(-c2nc3cc(C(=O)N4CCC[C@@H](N)C4)cc(OC)c3n2C)cc2ccc(C(F)(F)F)nc21.[HH]. The molecule has 1 saturated heterocycles. The Morgan fingerprint density at radius 3 is 2.69 bits per heavy atom. The Hall–Kier alpha value is -3.60. The fraction of sp³-hybridized carbons (Fsp3) is 0.400. The van der Waals surface area contributed by atoms with E-state index in [2.05, 4.69) is 4.98 Å². The summed E-state index contributed by atoms with van der Waals surface area (Å²) in [5, 5.41) is 0.580. The van der Waals surface area contributed by atoms with Crippen LogP contribution in [-0.4, -0.2) is 56.2 Å². The third-order valence-corrected chi connectivity index (χ3v) is 6.73. The molecule has 1 aromatic carbocycles. The second-order valence-electron chi connectivity index (χ2n) is 9.08. The summed E-state index contributed by atoms with van der Waals surface area (Å²) in [5.74, 6) is 0.875. The number of carbonyl (C=O) groups is 1. The van der Waals surface area contributed by atoms with E-state index in [-0.39, 0.29) is 19.0 Å². The number of fused-ring (bicyclic) bond motifs is 2. The molecule has 1 atom stereocenters. The molecule has 0 bridgehead atoms. The quantitative estimate of drug-likeness (QED) is 0.445. The van der Waals surface area contributed by atoms with E-state index in [0.717, 1.165) is 18.9 Å². The molecular formula is C25H29F3N6O2. The summed E-state index contributed by atoms with van der Waals surface area (Å²) in [6, 6.07) is 7.56. The van der Waals surface area contributed by atoms with Gasteiger partial charge in [-0.3, -0.25) is 4.79 Å². The molecule has 1 aliphatic heterocycles. The summed E-state index contributed by atoms with van der Waals surface area (Å²) >= 11 is 0. The van der Waals surface area contributed by atoms with Crippen molar-refractivity contribution in [3.63, 3.8) is 0 Å². The molecule has 4 heterocycles. The van der Waals surface area contributed by atoms with Crippen LogP contribution in [0, 0.1) is 0 Å². The molecule has 192 valence electrons. The highest BCUT2D eigenvalue weighted by atomic mass is 19.4. The van der Waals surface area contributed by atoms with E-state index in [4.69, 9.17) is 15.5 Å². The first-order valence-corrected chi connectivity index (χ1v) is 11.8. The molecule has 0 spiro atoms. The summed E-state index contributed by atoms with van der Waals surface area (Å²) in [4.78, 5) is 23.7. The number of methoxy groups -OCH3 is 1. The van der Waals surface area contributed by atoms with Gasteiger partial charge < -0.3 is 24.5 Å². The van der Waals surface area contributed by atoms with Gasteiger partial charge in [0.15, 0.2) is 5.82 Å². The Kier molecular flexibility index (Phi) is 5.90. The van der Waals surface area contributed by atoms with Crippen LogP contribution in [0.5, 0.6) is 5.75 Å². The van der Waals surface area contributed by atoms with Crippen LogP contribution in [0.1, 0.15) is 37.2 Å². The van der Waals surface area contributed by atoms with Crippen molar-refractivity contribution in [1.82, 2.24) is 24.0 Å². The predicted molar refractivity (Wildman–Crippen MR) is 132 cm³/mol. The Morgan fingerprint density at radius 1 is 1.25 bits per heavy atom. The zero-order valence-electron chi connectivity index (χ0n) is 20.3. The normalized spacial score (nSPS) is 16.8. The summed E-state index contributed by atoms with van der Waals surface area (Å²) in [6.07, 6.45) is -2.80. The van der Waals surface area contributed by atoms with Crippen molar-refractivity contribution >= 4 is 28.0 Å². The van der Waals surface area contributed by atoms with E-state index in [0.29, 0.717) is 58.9 Å². The van der Waals surface area contributed by atoms with Crippen LogP contribution >= 0.6 is 0 Å². The van der Waals surface area contributed by atoms with Gasteiger partial charge in [0.05, 0.1) is 18.3 Å². The largest absolute Gasteiger partial charge is 0.494 e. The fourth-order valence-electron chi connectivity index (χ4n) is 4.99. The smallest absolute Gasteiger partial charge is 0.433 e. The average molecular weight is 503 g/mol. The number of likely N-dealkylation sites (tertiary alicyclic amines) is 1. The van der Waals surface area contributed by atoms with Crippen molar-refractivity contribution in [2.24, 2.45) is 12.8 Å².